The van der Waals surface area contributed by atoms with E-state index in [1.807, 2.05) is 12.1 Å². The van der Waals surface area contributed by atoms with Crippen LogP contribution in [0.2, 0.25) is 0 Å². The lowest BCUT2D eigenvalue weighted by atomic mass is 9.86. The topological polar surface area (TPSA) is 33.1 Å². The van der Waals surface area contributed by atoms with Crippen LogP contribution in [0, 0.1) is 5.82 Å². The molecule has 0 saturated heterocycles. The third-order valence-electron chi connectivity index (χ3n) is 3.35. The van der Waals surface area contributed by atoms with Crippen LogP contribution in [-0.2, 0) is 11.8 Å². The van der Waals surface area contributed by atoms with E-state index in [0.29, 0.717) is 6.42 Å². The SMILES string of the molecule is CC(C)(C)c1ccc(CC(O)c2ncccc2F)cc1. The lowest BCUT2D eigenvalue weighted by molar-refractivity contribution is 0.168. The van der Waals surface area contributed by atoms with E-state index in [4.69, 9.17) is 0 Å². The van der Waals surface area contributed by atoms with Gasteiger partial charge in [-0.15, -0.1) is 0 Å². The number of aliphatic hydroxyl groups excluding tert-OH is 1. The van der Waals surface area contributed by atoms with Crippen LogP contribution in [0.3, 0.4) is 0 Å². The van der Waals surface area contributed by atoms with E-state index in [0.717, 1.165) is 5.56 Å². The minimum absolute atomic E-state index is 0.101. The Morgan fingerprint density at radius 1 is 1.15 bits per heavy atom. The van der Waals surface area contributed by atoms with Crippen molar-refractivity contribution in [2.24, 2.45) is 0 Å². The number of pyridine rings is 1. The number of benzene rings is 1. The van der Waals surface area contributed by atoms with Crippen LogP contribution in [-0.4, -0.2) is 10.1 Å². The maximum absolute atomic E-state index is 13.5. The Balaban J connectivity index is 2.13. The largest absolute Gasteiger partial charge is 0.386 e. The highest BCUT2D eigenvalue weighted by atomic mass is 19.1. The number of aromatic nitrogens is 1. The molecule has 1 heterocycles. The van der Waals surface area contributed by atoms with Crippen LogP contribution >= 0.6 is 0 Å². The molecule has 20 heavy (non-hydrogen) atoms. The first-order chi connectivity index (χ1) is 9.38. The predicted octanol–water partition coefficient (Wildman–Crippen LogP) is 3.79. The van der Waals surface area contributed by atoms with Crippen LogP contribution in [0.5, 0.6) is 0 Å². The average molecular weight is 273 g/mol. The van der Waals surface area contributed by atoms with Gasteiger partial charge >= 0.3 is 0 Å². The summed E-state index contributed by atoms with van der Waals surface area (Å²) in [4.78, 5) is 3.91. The second kappa shape index (κ2) is 5.71. The van der Waals surface area contributed by atoms with Crippen molar-refractivity contribution >= 4 is 0 Å². The van der Waals surface area contributed by atoms with Crippen LogP contribution in [0.15, 0.2) is 42.6 Å². The van der Waals surface area contributed by atoms with Crippen molar-refractivity contribution in [3.8, 4) is 0 Å². The van der Waals surface area contributed by atoms with Gasteiger partial charge in [0.25, 0.3) is 0 Å². The molecule has 1 atom stereocenters. The molecule has 1 unspecified atom stereocenters. The fourth-order valence-corrected chi connectivity index (χ4v) is 2.10. The van der Waals surface area contributed by atoms with E-state index in [9.17, 15) is 9.50 Å². The van der Waals surface area contributed by atoms with Crippen molar-refractivity contribution in [1.82, 2.24) is 4.98 Å². The van der Waals surface area contributed by atoms with Crippen molar-refractivity contribution in [3.05, 3.63) is 65.2 Å². The molecular weight excluding hydrogens is 253 g/mol. The average Bonchev–Trinajstić information content (AvgIpc) is 2.38. The Bertz CT molecular complexity index is 572. The zero-order chi connectivity index (χ0) is 14.8. The van der Waals surface area contributed by atoms with Crippen LogP contribution < -0.4 is 0 Å². The summed E-state index contributed by atoms with van der Waals surface area (Å²) in [6, 6.07) is 10.9. The Morgan fingerprint density at radius 3 is 2.35 bits per heavy atom. The molecule has 106 valence electrons. The molecule has 0 fully saturated rings. The van der Waals surface area contributed by atoms with Gasteiger partial charge in [0.05, 0.1) is 0 Å². The molecule has 2 aromatic rings. The molecule has 1 aromatic heterocycles. The van der Waals surface area contributed by atoms with Crippen molar-refractivity contribution in [2.75, 3.05) is 0 Å². The zero-order valence-electron chi connectivity index (χ0n) is 12.1. The highest BCUT2D eigenvalue weighted by Gasteiger charge is 2.16. The fraction of sp³-hybridized carbons (Fsp3) is 0.353. The maximum Gasteiger partial charge on any atom is 0.147 e. The molecule has 0 aliphatic carbocycles. The van der Waals surface area contributed by atoms with Gasteiger partial charge in [-0.3, -0.25) is 4.98 Å². The highest BCUT2D eigenvalue weighted by molar-refractivity contribution is 5.28. The second-order valence-corrected chi connectivity index (χ2v) is 6.04. The number of halogens is 1. The van der Waals surface area contributed by atoms with Gasteiger partial charge in [0.2, 0.25) is 0 Å². The number of hydrogen-bond acceptors (Lipinski definition) is 2. The van der Waals surface area contributed by atoms with Gasteiger partial charge in [0.15, 0.2) is 0 Å². The summed E-state index contributed by atoms with van der Waals surface area (Å²) in [5.74, 6) is -0.466. The van der Waals surface area contributed by atoms with Gasteiger partial charge in [-0.25, -0.2) is 4.39 Å². The molecule has 0 spiro atoms. The quantitative estimate of drug-likeness (QED) is 0.922. The lowest BCUT2D eigenvalue weighted by Gasteiger charge is -2.19. The van der Waals surface area contributed by atoms with Crippen LogP contribution in [0.25, 0.3) is 0 Å². The van der Waals surface area contributed by atoms with Gasteiger partial charge < -0.3 is 5.11 Å². The Morgan fingerprint density at radius 2 is 1.80 bits per heavy atom. The first kappa shape index (κ1) is 14.7. The molecule has 0 radical (unpaired) electrons. The van der Waals surface area contributed by atoms with E-state index < -0.39 is 11.9 Å². The molecule has 0 aliphatic rings. The van der Waals surface area contributed by atoms with Crippen molar-refractivity contribution < 1.29 is 9.50 Å². The standard InChI is InChI=1S/C17H20FNO/c1-17(2,3)13-8-6-12(7-9-13)11-15(20)16-14(18)5-4-10-19-16/h4-10,15,20H,11H2,1-3H3. The molecule has 1 aromatic carbocycles. The number of hydrogen-bond donors (Lipinski definition) is 1. The molecule has 2 nitrogen and oxygen atoms in total. The first-order valence-corrected chi connectivity index (χ1v) is 6.76. The molecule has 0 aliphatic heterocycles. The van der Waals surface area contributed by atoms with Gasteiger partial charge in [-0.1, -0.05) is 45.0 Å². The minimum Gasteiger partial charge on any atom is -0.386 e. The molecule has 0 bridgehead atoms. The summed E-state index contributed by atoms with van der Waals surface area (Å²) in [5, 5.41) is 10.1. The summed E-state index contributed by atoms with van der Waals surface area (Å²) in [6.45, 7) is 6.46. The summed E-state index contributed by atoms with van der Waals surface area (Å²) < 4.78 is 13.5. The normalized spacial score (nSPS) is 13.2. The Labute approximate surface area is 119 Å². The first-order valence-electron chi connectivity index (χ1n) is 6.76. The molecular formula is C17H20FNO. The number of aliphatic hydroxyl groups is 1. The molecule has 0 saturated carbocycles. The summed E-state index contributed by atoms with van der Waals surface area (Å²) >= 11 is 0. The van der Waals surface area contributed by atoms with E-state index >= 15 is 0 Å². The number of rotatable bonds is 3. The summed E-state index contributed by atoms with van der Waals surface area (Å²) in [6.07, 6.45) is 0.930. The lowest BCUT2D eigenvalue weighted by Crippen LogP contribution is -2.11. The second-order valence-electron chi connectivity index (χ2n) is 6.04. The van der Waals surface area contributed by atoms with Crippen molar-refractivity contribution in [1.29, 1.82) is 0 Å². The smallest absolute Gasteiger partial charge is 0.147 e. The zero-order valence-corrected chi connectivity index (χ0v) is 12.1. The van der Waals surface area contributed by atoms with Gasteiger partial charge in [-0.2, -0.15) is 0 Å². The van der Waals surface area contributed by atoms with E-state index in [1.165, 1.54) is 23.9 Å². The molecule has 3 heteroatoms. The van der Waals surface area contributed by atoms with Gasteiger partial charge in [0, 0.05) is 12.6 Å². The summed E-state index contributed by atoms with van der Waals surface area (Å²) in [5.41, 5.74) is 2.41. The van der Waals surface area contributed by atoms with E-state index in [2.05, 4.69) is 37.9 Å². The van der Waals surface area contributed by atoms with Crippen LogP contribution in [0.1, 0.15) is 43.7 Å². The third kappa shape index (κ3) is 3.42. The molecule has 2 rings (SSSR count). The van der Waals surface area contributed by atoms with Gasteiger partial charge in [0.1, 0.15) is 17.6 Å². The molecule has 1 N–H and O–H groups in total. The third-order valence-corrected chi connectivity index (χ3v) is 3.35. The maximum atomic E-state index is 13.5. The van der Waals surface area contributed by atoms with Crippen molar-refractivity contribution in [2.45, 2.75) is 38.7 Å². The van der Waals surface area contributed by atoms with E-state index in [1.54, 1.807) is 0 Å². The monoisotopic (exact) mass is 273 g/mol. The van der Waals surface area contributed by atoms with Crippen molar-refractivity contribution in [3.63, 3.8) is 0 Å². The van der Waals surface area contributed by atoms with Crippen LogP contribution in [0.4, 0.5) is 4.39 Å². The molecule has 0 amide bonds. The highest BCUT2D eigenvalue weighted by Crippen LogP contribution is 2.24. The fourth-order valence-electron chi connectivity index (χ4n) is 2.10. The Kier molecular flexibility index (Phi) is 4.19. The minimum atomic E-state index is -0.920. The predicted molar refractivity (Wildman–Crippen MR) is 78.0 cm³/mol. The Hall–Kier alpha value is -1.74. The number of nitrogens with zero attached hydrogens (tertiary/aromatic N) is 1. The van der Waals surface area contributed by atoms with Gasteiger partial charge in [-0.05, 0) is 28.7 Å². The summed E-state index contributed by atoms with van der Waals surface area (Å²) in [7, 11) is 0. The van der Waals surface area contributed by atoms with E-state index in [-0.39, 0.29) is 11.1 Å².